The summed E-state index contributed by atoms with van der Waals surface area (Å²) in [5.74, 6) is -0.888. The molecule has 330 valence electrons. The third-order valence-corrected chi connectivity index (χ3v) is 9.69. The van der Waals surface area contributed by atoms with Gasteiger partial charge in [-0.05, 0) is 96.3 Å². The van der Waals surface area contributed by atoms with Gasteiger partial charge in [0.1, 0.15) is 6.61 Å². The van der Waals surface area contributed by atoms with Gasteiger partial charge in [-0.3, -0.25) is 18.6 Å². The summed E-state index contributed by atoms with van der Waals surface area (Å²) in [5.41, 5.74) is 5.34. The fourth-order valence-electron chi connectivity index (χ4n) is 5.43. The summed E-state index contributed by atoms with van der Waals surface area (Å²) in [7, 11) is -4.39. The number of allylic oxidation sites excluding steroid dienone is 16. The zero-order valence-electron chi connectivity index (χ0n) is 36.2. The van der Waals surface area contributed by atoms with Gasteiger partial charge >= 0.3 is 19.8 Å². The second-order valence-corrected chi connectivity index (χ2v) is 15.6. The number of nitrogens with two attached hydrogens (primary N) is 1. The van der Waals surface area contributed by atoms with E-state index in [1.165, 1.54) is 19.3 Å². The lowest BCUT2D eigenvalue weighted by Crippen LogP contribution is -2.29. The van der Waals surface area contributed by atoms with E-state index < -0.39 is 32.5 Å². The summed E-state index contributed by atoms with van der Waals surface area (Å²) in [6.45, 7) is 3.52. The van der Waals surface area contributed by atoms with Gasteiger partial charge in [-0.2, -0.15) is 0 Å². The van der Waals surface area contributed by atoms with Crippen molar-refractivity contribution in [1.29, 1.82) is 0 Å². The molecule has 9 nitrogen and oxygen atoms in total. The van der Waals surface area contributed by atoms with Crippen LogP contribution in [0.15, 0.2) is 97.2 Å². The van der Waals surface area contributed by atoms with Gasteiger partial charge in [0.25, 0.3) is 0 Å². The highest BCUT2D eigenvalue weighted by Crippen LogP contribution is 2.43. The molecule has 58 heavy (non-hydrogen) atoms. The van der Waals surface area contributed by atoms with E-state index >= 15 is 0 Å². The average molecular weight is 830 g/mol. The van der Waals surface area contributed by atoms with E-state index in [2.05, 4.69) is 111 Å². The highest BCUT2D eigenvalue weighted by atomic mass is 31.2. The van der Waals surface area contributed by atoms with Crippen molar-refractivity contribution in [3.8, 4) is 0 Å². The van der Waals surface area contributed by atoms with Crippen LogP contribution >= 0.6 is 7.82 Å². The molecule has 0 aliphatic heterocycles. The van der Waals surface area contributed by atoms with Crippen molar-refractivity contribution in [1.82, 2.24) is 0 Å². The van der Waals surface area contributed by atoms with Crippen LogP contribution in [0, 0.1) is 0 Å². The first-order valence-corrected chi connectivity index (χ1v) is 23.7. The molecule has 0 radical (unpaired) electrons. The zero-order valence-corrected chi connectivity index (χ0v) is 37.1. The van der Waals surface area contributed by atoms with Gasteiger partial charge in [-0.25, -0.2) is 4.57 Å². The van der Waals surface area contributed by atoms with Gasteiger partial charge in [0.2, 0.25) is 0 Å². The molecule has 10 heteroatoms. The van der Waals surface area contributed by atoms with Crippen molar-refractivity contribution < 1.29 is 37.6 Å². The Morgan fingerprint density at radius 1 is 0.534 bits per heavy atom. The Labute approximate surface area is 353 Å². The van der Waals surface area contributed by atoms with Gasteiger partial charge in [0.05, 0.1) is 13.2 Å². The Hall–Kier alpha value is -3.07. The molecule has 2 atom stereocenters. The summed E-state index contributed by atoms with van der Waals surface area (Å²) in [4.78, 5) is 34.8. The molecular weight excluding hydrogens is 750 g/mol. The smallest absolute Gasteiger partial charge is 0.462 e. The number of hydrogen-bond donors (Lipinski definition) is 2. The van der Waals surface area contributed by atoms with Crippen LogP contribution in [0.2, 0.25) is 0 Å². The molecule has 0 fully saturated rings. The minimum atomic E-state index is -4.39. The normalized spacial score (nSPS) is 14.2. The van der Waals surface area contributed by atoms with Gasteiger partial charge in [0.15, 0.2) is 6.10 Å². The first-order chi connectivity index (χ1) is 28.3. The summed E-state index contributed by atoms with van der Waals surface area (Å²) >= 11 is 0. The Balaban J connectivity index is 4.23. The molecule has 0 saturated carbocycles. The van der Waals surface area contributed by atoms with E-state index in [0.717, 1.165) is 103 Å². The van der Waals surface area contributed by atoms with E-state index in [0.29, 0.717) is 12.8 Å². The maximum Gasteiger partial charge on any atom is 0.472 e. The molecule has 0 rings (SSSR count). The number of unbranched alkanes of at least 4 members (excludes halogenated alkanes) is 11. The van der Waals surface area contributed by atoms with Crippen molar-refractivity contribution in [2.75, 3.05) is 26.4 Å². The fraction of sp³-hybridized carbons (Fsp3) is 0.625. The lowest BCUT2D eigenvalue weighted by molar-refractivity contribution is -0.161. The molecule has 2 unspecified atom stereocenters. The van der Waals surface area contributed by atoms with Gasteiger partial charge in [-0.15, -0.1) is 0 Å². The molecule has 0 aromatic heterocycles. The number of carbonyl (C=O) groups is 2. The predicted molar refractivity (Wildman–Crippen MR) is 242 cm³/mol. The van der Waals surface area contributed by atoms with Crippen LogP contribution < -0.4 is 5.73 Å². The highest BCUT2D eigenvalue weighted by Gasteiger charge is 2.26. The third-order valence-electron chi connectivity index (χ3n) is 8.70. The topological polar surface area (TPSA) is 134 Å². The first-order valence-electron chi connectivity index (χ1n) is 22.2. The van der Waals surface area contributed by atoms with Crippen molar-refractivity contribution >= 4 is 19.8 Å². The van der Waals surface area contributed by atoms with Gasteiger partial charge in [-0.1, -0.05) is 150 Å². The second-order valence-electron chi connectivity index (χ2n) is 14.2. The van der Waals surface area contributed by atoms with Gasteiger partial charge in [0, 0.05) is 19.4 Å². The van der Waals surface area contributed by atoms with E-state index in [1.54, 1.807) is 0 Å². The molecule has 0 aromatic rings. The Bertz CT molecular complexity index is 1270. The zero-order chi connectivity index (χ0) is 42.5. The Morgan fingerprint density at radius 3 is 1.45 bits per heavy atom. The van der Waals surface area contributed by atoms with Crippen LogP contribution in [-0.4, -0.2) is 49.3 Å². The standard InChI is InChI=1S/C48H80NO8P/c1-3-5-7-9-11-13-15-17-18-19-20-21-22-23-24-25-26-27-28-29-31-33-35-37-39-41-48(51)57-46(45-56-58(52,53)55-43-42-49)44-54-47(50)40-38-36-34-32-30-16-14-12-10-8-6-4-2/h5,7,11-14,17-18,20-21,23-24,26-27,29,31,46H,3-4,6,8-10,15-16,19,22,25,28,30,32-45,49H2,1-2H3,(H,52,53)/b7-5-,13-11-,14-12-,18-17-,21-20-,24-23-,27-26-,31-29-. The van der Waals surface area contributed by atoms with E-state index in [4.69, 9.17) is 24.3 Å². The lowest BCUT2D eigenvalue weighted by Gasteiger charge is -2.19. The Kier molecular flexibility index (Phi) is 41.2. The molecule has 0 aliphatic rings. The van der Waals surface area contributed by atoms with Crippen molar-refractivity contribution in [2.45, 2.75) is 168 Å². The number of ether oxygens (including phenoxy) is 2. The van der Waals surface area contributed by atoms with Crippen LogP contribution in [0.4, 0.5) is 0 Å². The predicted octanol–water partition coefficient (Wildman–Crippen LogP) is 13.0. The van der Waals surface area contributed by atoms with Crippen molar-refractivity contribution in [3.63, 3.8) is 0 Å². The minimum absolute atomic E-state index is 0.0410. The van der Waals surface area contributed by atoms with Gasteiger partial charge < -0.3 is 20.1 Å². The van der Waals surface area contributed by atoms with Crippen LogP contribution in [0.1, 0.15) is 162 Å². The van der Waals surface area contributed by atoms with Crippen LogP contribution in [0.25, 0.3) is 0 Å². The number of esters is 2. The molecule has 0 amide bonds. The molecule has 0 aromatic carbocycles. The second kappa shape index (κ2) is 43.5. The number of carbonyl (C=O) groups excluding carboxylic acids is 2. The largest absolute Gasteiger partial charge is 0.472 e. The Morgan fingerprint density at radius 2 is 0.948 bits per heavy atom. The monoisotopic (exact) mass is 830 g/mol. The van der Waals surface area contributed by atoms with E-state index in [-0.39, 0.29) is 32.6 Å². The summed E-state index contributed by atoms with van der Waals surface area (Å²) in [6.07, 6.45) is 55.8. The quantitative estimate of drug-likeness (QED) is 0.0268. The number of phosphoric ester groups is 1. The van der Waals surface area contributed by atoms with Crippen LogP contribution in [0.3, 0.4) is 0 Å². The summed E-state index contributed by atoms with van der Waals surface area (Å²) in [6, 6.07) is 0. The first kappa shape index (κ1) is 54.9. The lowest BCUT2D eigenvalue weighted by atomic mass is 10.1. The highest BCUT2D eigenvalue weighted by molar-refractivity contribution is 7.47. The molecule has 3 N–H and O–H groups in total. The fourth-order valence-corrected chi connectivity index (χ4v) is 6.20. The molecule has 0 spiro atoms. The maximum atomic E-state index is 12.6. The van der Waals surface area contributed by atoms with E-state index in [1.807, 2.05) is 0 Å². The SMILES string of the molecule is CC/C=C\C/C=C\C/C=C\C/C=C\C/C=C\C/C=C\C/C=C\CCCCCC(=O)OC(COC(=O)CCCCCCC/C=C\CCCCC)COP(=O)(O)OCCN. The molecular formula is C48H80NO8P. The molecule has 0 bridgehead atoms. The average Bonchev–Trinajstić information content (AvgIpc) is 3.21. The molecule has 0 heterocycles. The third kappa shape index (κ3) is 42.5. The molecule has 0 aliphatic carbocycles. The van der Waals surface area contributed by atoms with E-state index in [9.17, 15) is 19.0 Å². The summed E-state index contributed by atoms with van der Waals surface area (Å²) < 4.78 is 32.7. The van der Waals surface area contributed by atoms with Crippen LogP contribution in [0.5, 0.6) is 0 Å². The maximum absolute atomic E-state index is 12.6. The number of rotatable bonds is 40. The molecule has 0 saturated heterocycles. The number of phosphoric acid groups is 1. The van der Waals surface area contributed by atoms with Crippen LogP contribution in [-0.2, 0) is 32.7 Å². The number of hydrogen-bond acceptors (Lipinski definition) is 8. The minimum Gasteiger partial charge on any atom is -0.462 e. The summed E-state index contributed by atoms with van der Waals surface area (Å²) in [5, 5.41) is 0. The van der Waals surface area contributed by atoms with Crippen molar-refractivity contribution in [2.24, 2.45) is 5.73 Å². The van der Waals surface area contributed by atoms with Crippen molar-refractivity contribution in [3.05, 3.63) is 97.2 Å².